The molecule has 0 aliphatic carbocycles. The van der Waals surface area contributed by atoms with Crippen LogP contribution in [0.25, 0.3) is 5.82 Å². The first-order valence-electron chi connectivity index (χ1n) is 4.52. The number of aromatic nitrogens is 3. The molecule has 15 heavy (non-hydrogen) atoms. The molecule has 0 bridgehead atoms. The highest BCUT2D eigenvalue weighted by Crippen LogP contribution is 2.19. The maximum atomic E-state index is 9.56. The standard InChI is InChI=1S/C10H10ClN3O/c1-7(15)9-3-2-4-12-10(9)14-6-8(11)5-13-14/h2-7,15H,1H3/t7-/m0/s1. The molecule has 0 amide bonds. The second-order valence-corrected chi connectivity index (χ2v) is 3.63. The number of pyridine rings is 1. The molecule has 5 heteroatoms. The summed E-state index contributed by atoms with van der Waals surface area (Å²) in [6.07, 6.45) is 4.24. The van der Waals surface area contributed by atoms with Crippen LogP contribution in [-0.2, 0) is 0 Å². The van der Waals surface area contributed by atoms with Crippen LogP contribution in [0, 0.1) is 0 Å². The van der Waals surface area contributed by atoms with Gasteiger partial charge in [-0.15, -0.1) is 0 Å². The maximum absolute atomic E-state index is 9.56. The van der Waals surface area contributed by atoms with Crippen LogP contribution in [0.1, 0.15) is 18.6 Å². The molecule has 0 aliphatic heterocycles. The Morgan fingerprint density at radius 1 is 1.53 bits per heavy atom. The Morgan fingerprint density at radius 3 is 2.93 bits per heavy atom. The molecule has 78 valence electrons. The zero-order chi connectivity index (χ0) is 10.8. The zero-order valence-corrected chi connectivity index (χ0v) is 8.89. The largest absolute Gasteiger partial charge is 0.389 e. The zero-order valence-electron chi connectivity index (χ0n) is 8.13. The molecule has 1 N–H and O–H groups in total. The van der Waals surface area contributed by atoms with E-state index in [9.17, 15) is 5.11 Å². The summed E-state index contributed by atoms with van der Waals surface area (Å²) < 4.78 is 1.55. The minimum atomic E-state index is -0.586. The van der Waals surface area contributed by atoms with Gasteiger partial charge in [0.15, 0.2) is 5.82 Å². The Kier molecular flexibility index (Phi) is 2.70. The molecular weight excluding hydrogens is 214 g/mol. The van der Waals surface area contributed by atoms with Gasteiger partial charge in [0.05, 0.1) is 23.5 Å². The van der Waals surface area contributed by atoms with Crippen molar-refractivity contribution in [1.29, 1.82) is 0 Å². The third-order valence-electron chi connectivity index (χ3n) is 2.04. The molecule has 0 spiro atoms. The van der Waals surface area contributed by atoms with Crippen LogP contribution < -0.4 is 0 Å². The van der Waals surface area contributed by atoms with Crippen LogP contribution in [0.5, 0.6) is 0 Å². The van der Waals surface area contributed by atoms with Crippen molar-refractivity contribution in [3.8, 4) is 5.82 Å². The van der Waals surface area contributed by atoms with Crippen LogP contribution in [-0.4, -0.2) is 19.9 Å². The number of aliphatic hydroxyl groups excluding tert-OH is 1. The molecule has 2 aromatic heterocycles. The average molecular weight is 224 g/mol. The number of rotatable bonds is 2. The fraction of sp³-hybridized carbons (Fsp3) is 0.200. The molecule has 0 aliphatic rings. The number of halogens is 1. The van der Waals surface area contributed by atoms with Gasteiger partial charge in [-0.25, -0.2) is 9.67 Å². The lowest BCUT2D eigenvalue weighted by Gasteiger charge is -2.09. The van der Waals surface area contributed by atoms with E-state index in [1.807, 2.05) is 6.07 Å². The molecule has 0 saturated carbocycles. The van der Waals surface area contributed by atoms with Gasteiger partial charge in [-0.3, -0.25) is 0 Å². The maximum Gasteiger partial charge on any atom is 0.159 e. The Hall–Kier alpha value is -1.39. The van der Waals surface area contributed by atoms with Gasteiger partial charge in [0.2, 0.25) is 0 Å². The van der Waals surface area contributed by atoms with E-state index < -0.39 is 6.10 Å². The van der Waals surface area contributed by atoms with Crippen LogP contribution in [0.2, 0.25) is 5.02 Å². The summed E-state index contributed by atoms with van der Waals surface area (Å²) in [6.45, 7) is 1.69. The van der Waals surface area contributed by atoms with Crippen molar-refractivity contribution in [2.45, 2.75) is 13.0 Å². The van der Waals surface area contributed by atoms with E-state index in [0.717, 1.165) is 5.56 Å². The third kappa shape index (κ3) is 2.00. The van der Waals surface area contributed by atoms with Crippen LogP contribution >= 0.6 is 11.6 Å². The van der Waals surface area contributed by atoms with E-state index >= 15 is 0 Å². The summed E-state index contributed by atoms with van der Waals surface area (Å²) in [4.78, 5) is 4.17. The smallest absolute Gasteiger partial charge is 0.159 e. The van der Waals surface area contributed by atoms with Gasteiger partial charge in [0, 0.05) is 11.8 Å². The average Bonchev–Trinajstić information content (AvgIpc) is 2.65. The van der Waals surface area contributed by atoms with Gasteiger partial charge < -0.3 is 5.11 Å². The SMILES string of the molecule is C[C@H](O)c1cccnc1-n1cc(Cl)cn1. The fourth-order valence-electron chi connectivity index (χ4n) is 1.34. The first kappa shape index (κ1) is 10.1. The molecule has 0 saturated heterocycles. The van der Waals surface area contributed by atoms with E-state index in [0.29, 0.717) is 10.8 Å². The number of nitrogens with zero attached hydrogens (tertiary/aromatic N) is 3. The third-order valence-corrected chi connectivity index (χ3v) is 2.23. The second kappa shape index (κ2) is 4.00. The monoisotopic (exact) mass is 223 g/mol. The highest BCUT2D eigenvalue weighted by molar-refractivity contribution is 6.30. The Morgan fingerprint density at radius 2 is 2.33 bits per heavy atom. The van der Waals surface area contributed by atoms with Crippen LogP contribution in [0.3, 0.4) is 0 Å². The predicted molar refractivity (Wildman–Crippen MR) is 57.0 cm³/mol. The van der Waals surface area contributed by atoms with Crippen molar-refractivity contribution in [2.24, 2.45) is 0 Å². The summed E-state index contributed by atoms with van der Waals surface area (Å²) in [5.41, 5.74) is 0.720. The highest BCUT2D eigenvalue weighted by Gasteiger charge is 2.10. The molecule has 1 atom stereocenters. The van der Waals surface area contributed by atoms with Crippen LogP contribution in [0.4, 0.5) is 0 Å². The van der Waals surface area contributed by atoms with Crippen molar-refractivity contribution >= 4 is 11.6 Å². The van der Waals surface area contributed by atoms with Gasteiger partial charge in [0.1, 0.15) is 0 Å². The highest BCUT2D eigenvalue weighted by atomic mass is 35.5. The Balaban J connectivity index is 2.52. The van der Waals surface area contributed by atoms with E-state index in [1.54, 1.807) is 30.1 Å². The summed E-state index contributed by atoms with van der Waals surface area (Å²) in [5, 5.41) is 14.1. The molecule has 2 aromatic rings. The first-order valence-corrected chi connectivity index (χ1v) is 4.90. The van der Waals surface area contributed by atoms with Gasteiger partial charge >= 0.3 is 0 Å². The summed E-state index contributed by atoms with van der Waals surface area (Å²) in [6, 6.07) is 3.58. The fourth-order valence-corrected chi connectivity index (χ4v) is 1.48. The topological polar surface area (TPSA) is 50.9 Å². The van der Waals surface area contributed by atoms with Gasteiger partial charge in [-0.1, -0.05) is 17.7 Å². The molecular formula is C10H10ClN3O. The molecule has 0 radical (unpaired) electrons. The lowest BCUT2D eigenvalue weighted by molar-refractivity contribution is 0.198. The molecule has 2 rings (SSSR count). The predicted octanol–water partition coefficient (Wildman–Crippen LogP) is 1.97. The molecule has 0 unspecified atom stereocenters. The molecule has 2 heterocycles. The minimum absolute atomic E-state index is 0.539. The van der Waals surface area contributed by atoms with Gasteiger partial charge in [0.25, 0.3) is 0 Å². The van der Waals surface area contributed by atoms with Crippen molar-refractivity contribution in [1.82, 2.24) is 14.8 Å². The minimum Gasteiger partial charge on any atom is -0.389 e. The van der Waals surface area contributed by atoms with E-state index in [4.69, 9.17) is 11.6 Å². The van der Waals surface area contributed by atoms with E-state index in [1.165, 1.54) is 6.20 Å². The lowest BCUT2D eigenvalue weighted by atomic mass is 10.1. The Labute approximate surface area is 92.1 Å². The van der Waals surface area contributed by atoms with Crippen molar-refractivity contribution in [3.63, 3.8) is 0 Å². The number of hydrogen-bond acceptors (Lipinski definition) is 3. The summed E-state index contributed by atoms with van der Waals surface area (Å²) >= 11 is 5.77. The molecule has 4 nitrogen and oxygen atoms in total. The van der Waals surface area contributed by atoms with Crippen LogP contribution in [0.15, 0.2) is 30.7 Å². The molecule has 0 aromatic carbocycles. The van der Waals surface area contributed by atoms with E-state index in [-0.39, 0.29) is 0 Å². The van der Waals surface area contributed by atoms with Crippen molar-refractivity contribution in [3.05, 3.63) is 41.3 Å². The van der Waals surface area contributed by atoms with Crippen molar-refractivity contribution < 1.29 is 5.11 Å². The van der Waals surface area contributed by atoms with Crippen molar-refractivity contribution in [2.75, 3.05) is 0 Å². The first-order chi connectivity index (χ1) is 7.18. The summed E-state index contributed by atoms with van der Waals surface area (Å²) in [5.74, 6) is 0.597. The second-order valence-electron chi connectivity index (χ2n) is 3.20. The van der Waals surface area contributed by atoms with E-state index in [2.05, 4.69) is 10.1 Å². The molecule has 0 fully saturated rings. The number of aliphatic hydroxyl groups is 1. The van der Waals surface area contributed by atoms with Gasteiger partial charge in [-0.05, 0) is 13.0 Å². The lowest BCUT2D eigenvalue weighted by Crippen LogP contribution is -2.05. The normalized spacial score (nSPS) is 12.7. The summed E-state index contributed by atoms with van der Waals surface area (Å²) in [7, 11) is 0. The van der Waals surface area contributed by atoms with Gasteiger partial charge in [-0.2, -0.15) is 5.10 Å². The quantitative estimate of drug-likeness (QED) is 0.847. The Bertz CT molecular complexity index is 467. The number of hydrogen-bond donors (Lipinski definition) is 1.